The molecule has 22 heavy (non-hydrogen) atoms. The highest BCUT2D eigenvalue weighted by Gasteiger charge is 2.27. The number of hydrogen-bond acceptors (Lipinski definition) is 5. The van der Waals surface area contributed by atoms with E-state index >= 15 is 0 Å². The molecule has 4 heterocycles. The number of hydrogen-bond donors (Lipinski definition) is 1. The summed E-state index contributed by atoms with van der Waals surface area (Å²) in [5.41, 5.74) is 1.26. The Hall–Kier alpha value is -0.950. The zero-order chi connectivity index (χ0) is 14.9. The number of nitrogens with one attached hydrogen (secondary N) is 1. The van der Waals surface area contributed by atoms with Crippen molar-refractivity contribution < 1.29 is 0 Å². The molecule has 0 radical (unpaired) electrons. The summed E-state index contributed by atoms with van der Waals surface area (Å²) in [7, 11) is 0. The maximum Gasteiger partial charge on any atom is 0.147 e. The van der Waals surface area contributed by atoms with Crippen molar-refractivity contribution in [3.8, 4) is 0 Å². The van der Waals surface area contributed by atoms with Gasteiger partial charge in [-0.25, -0.2) is 0 Å². The highest BCUT2D eigenvalue weighted by molar-refractivity contribution is 7.14. The second-order valence-electron chi connectivity index (χ2n) is 6.07. The predicted octanol–water partition coefficient (Wildman–Crippen LogP) is 2.48. The molecule has 1 fully saturated rings. The van der Waals surface area contributed by atoms with Gasteiger partial charge in [-0.3, -0.25) is 4.90 Å². The Morgan fingerprint density at radius 3 is 2.91 bits per heavy atom. The van der Waals surface area contributed by atoms with Crippen LogP contribution in [0, 0.1) is 0 Å². The van der Waals surface area contributed by atoms with Gasteiger partial charge in [-0.05, 0) is 42.9 Å². The molecule has 1 N–H and O–H groups in total. The highest BCUT2D eigenvalue weighted by Crippen LogP contribution is 2.30. The van der Waals surface area contributed by atoms with Gasteiger partial charge in [0.25, 0.3) is 0 Å². The lowest BCUT2D eigenvalue weighted by Gasteiger charge is -2.32. The van der Waals surface area contributed by atoms with Gasteiger partial charge in [0.05, 0.1) is 10.9 Å². The molecule has 4 rings (SSSR count). The maximum atomic E-state index is 6.21. The SMILES string of the molecule is Clc1sccc1CN1CCC(c2nnc3n2CCNC3)CC1. The Labute approximate surface area is 139 Å². The van der Waals surface area contributed by atoms with E-state index < -0.39 is 0 Å². The molecular formula is C15H20ClN5S. The maximum absolute atomic E-state index is 6.21. The van der Waals surface area contributed by atoms with E-state index in [4.69, 9.17) is 11.6 Å². The van der Waals surface area contributed by atoms with Gasteiger partial charge in [0.15, 0.2) is 0 Å². The molecule has 7 heteroatoms. The van der Waals surface area contributed by atoms with E-state index in [1.54, 1.807) is 11.3 Å². The third kappa shape index (κ3) is 2.80. The van der Waals surface area contributed by atoms with Gasteiger partial charge in [-0.2, -0.15) is 0 Å². The molecule has 0 amide bonds. The van der Waals surface area contributed by atoms with Crippen LogP contribution in [0.1, 0.15) is 36.0 Å². The largest absolute Gasteiger partial charge is 0.312 e. The lowest BCUT2D eigenvalue weighted by molar-refractivity contribution is 0.200. The van der Waals surface area contributed by atoms with Gasteiger partial charge in [-0.1, -0.05) is 11.6 Å². The van der Waals surface area contributed by atoms with Crippen molar-refractivity contribution in [2.75, 3.05) is 19.6 Å². The van der Waals surface area contributed by atoms with Gasteiger partial charge in [0, 0.05) is 25.6 Å². The molecule has 0 bridgehead atoms. The molecule has 118 valence electrons. The molecule has 0 unspecified atom stereocenters. The van der Waals surface area contributed by atoms with Crippen molar-refractivity contribution in [1.82, 2.24) is 25.0 Å². The summed E-state index contributed by atoms with van der Waals surface area (Å²) in [5, 5.41) is 14.2. The standard InChI is InChI=1S/C15H20ClN5S/c16-14-12(3-8-22-14)10-20-5-1-11(2-6-20)15-19-18-13-9-17-4-7-21(13)15/h3,8,11,17H,1-2,4-7,9-10H2. The average Bonchev–Trinajstić information content (AvgIpc) is 3.15. The van der Waals surface area contributed by atoms with E-state index in [1.165, 1.54) is 11.4 Å². The lowest BCUT2D eigenvalue weighted by Crippen LogP contribution is -2.34. The predicted molar refractivity (Wildman–Crippen MR) is 88.3 cm³/mol. The molecule has 1 saturated heterocycles. The number of rotatable bonds is 3. The van der Waals surface area contributed by atoms with Crippen molar-refractivity contribution >= 4 is 22.9 Å². The monoisotopic (exact) mass is 337 g/mol. The second-order valence-corrected chi connectivity index (χ2v) is 7.59. The minimum absolute atomic E-state index is 0.550. The first-order chi connectivity index (χ1) is 10.8. The molecule has 2 aromatic rings. The summed E-state index contributed by atoms with van der Waals surface area (Å²) in [6.07, 6.45) is 2.32. The molecular weight excluding hydrogens is 318 g/mol. The fourth-order valence-corrected chi connectivity index (χ4v) is 4.35. The Morgan fingerprint density at radius 1 is 1.27 bits per heavy atom. The molecule has 2 aliphatic rings. The van der Waals surface area contributed by atoms with Gasteiger partial charge in [-0.15, -0.1) is 21.5 Å². The van der Waals surface area contributed by atoms with Crippen LogP contribution in [0.15, 0.2) is 11.4 Å². The second kappa shape index (κ2) is 6.28. The van der Waals surface area contributed by atoms with E-state index in [1.807, 2.05) is 0 Å². The third-order valence-corrected chi connectivity index (χ3v) is 5.94. The zero-order valence-corrected chi connectivity index (χ0v) is 14.0. The molecule has 2 aliphatic heterocycles. The van der Waals surface area contributed by atoms with Gasteiger partial charge < -0.3 is 9.88 Å². The van der Waals surface area contributed by atoms with E-state index in [2.05, 4.69) is 36.4 Å². The summed E-state index contributed by atoms with van der Waals surface area (Å²) >= 11 is 7.83. The average molecular weight is 338 g/mol. The summed E-state index contributed by atoms with van der Waals surface area (Å²) in [5.74, 6) is 2.84. The number of thiophene rings is 1. The molecule has 2 aromatic heterocycles. The first kappa shape index (κ1) is 14.6. The normalized spacial score (nSPS) is 20.2. The van der Waals surface area contributed by atoms with Crippen molar-refractivity contribution in [1.29, 1.82) is 0 Å². The van der Waals surface area contributed by atoms with Crippen molar-refractivity contribution in [3.63, 3.8) is 0 Å². The fraction of sp³-hybridized carbons (Fsp3) is 0.600. The Morgan fingerprint density at radius 2 is 2.14 bits per heavy atom. The van der Waals surface area contributed by atoms with E-state index in [9.17, 15) is 0 Å². The fourth-order valence-electron chi connectivity index (χ4n) is 3.44. The van der Waals surface area contributed by atoms with E-state index in [0.29, 0.717) is 5.92 Å². The molecule has 0 atom stereocenters. The van der Waals surface area contributed by atoms with Crippen molar-refractivity contribution in [3.05, 3.63) is 33.0 Å². The molecule has 0 aromatic carbocycles. The molecule has 0 aliphatic carbocycles. The van der Waals surface area contributed by atoms with Gasteiger partial charge in [0.2, 0.25) is 0 Å². The first-order valence-electron chi connectivity index (χ1n) is 7.88. The Kier molecular flexibility index (Phi) is 4.17. The number of halogens is 1. The summed E-state index contributed by atoms with van der Waals surface area (Å²) < 4.78 is 3.26. The van der Waals surface area contributed by atoms with Crippen LogP contribution in [0.5, 0.6) is 0 Å². The quantitative estimate of drug-likeness (QED) is 0.934. The van der Waals surface area contributed by atoms with Crippen LogP contribution in [0.3, 0.4) is 0 Å². The number of fused-ring (bicyclic) bond motifs is 1. The lowest BCUT2D eigenvalue weighted by atomic mass is 9.95. The topological polar surface area (TPSA) is 46.0 Å². The number of likely N-dealkylation sites (tertiary alicyclic amines) is 1. The highest BCUT2D eigenvalue weighted by atomic mass is 35.5. The molecule has 0 spiro atoms. The van der Waals surface area contributed by atoms with Crippen LogP contribution in [0.25, 0.3) is 0 Å². The first-order valence-corrected chi connectivity index (χ1v) is 9.14. The van der Waals surface area contributed by atoms with Crippen molar-refractivity contribution in [2.45, 2.75) is 38.4 Å². The summed E-state index contributed by atoms with van der Waals surface area (Å²) in [4.78, 5) is 2.50. The number of piperidine rings is 1. The van der Waals surface area contributed by atoms with Crippen LogP contribution in [-0.4, -0.2) is 39.3 Å². The smallest absolute Gasteiger partial charge is 0.147 e. The minimum atomic E-state index is 0.550. The van der Waals surface area contributed by atoms with Crippen LogP contribution >= 0.6 is 22.9 Å². The Bertz CT molecular complexity index is 644. The van der Waals surface area contributed by atoms with Crippen LogP contribution < -0.4 is 5.32 Å². The summed E-state index contributed by atoms with van der Waals surface area (Å²) in [6.45, 7) is 6.06. The van der Waals surface area contributed by atoms with E-state index in [-0.39, 0.29) is 0 Å². The van der Waals surface area contributed by atoms with Gasteiger partial charge >= 0.3 is 0 Å². The molecule has 5 nitrogen and oxygen atoms in total. The van der Waals surface area contributed by atoms with Crippen LogP contribution in [-0.2, 0) is 19.6 Å². The number of nitrogens with zero attached hydrogens (tertiary/aromatic N) is 4. The van der Waals surface area contributed by atoms with Crippen molar-refractivity contribution in [2.24, 2.45) is 0 Å². The summed E-state index contributed by atoms with van der Waals surface area (Å²) in [6, 6.07) is 2.14. The van der Waals surface area contributed by atoms with E-state index in [0.717, 1.165) is 62.3 Å². The van der Waals surface area contributed by atoms with Gasteiger partial charge in [0.1, 0.15) is 11.6 Å². The Balaban J connectivity index is 1.40. The molecule has 0 saturated carbocycles. The zero-order valence-electron chi connectivity index (χ0n) is 12.5. The van der Waals surface area contributed by atoms with Crippen LogP contribution in [0.4, 0.5) is 0 Å². The van der Waals surface area contributed by atoms with Crippen LogP contribution in [0.2, 0.25) is 4.34 Å². The minimum Gasteiger partial charge on any atom is -0.312 e. The third-order valence-electron chi connectivity index (χ3n) is 4.69. The number of aromatic nitrogens is 3.